The van der Waals surface area contributed by atoms with E-state index in [2.05, 4.69) is 25.3 Å². The van der Waals surface area contributed by atoms with E-state index in [0.29, 0.717) is 11.0 Å². The number of methoxy groups -OCH3 is 1. The van der Waals surface area contributed by atoms with E-state index in [-0.39, 0.29) is 23.1 Å². The Hall–Kier alpha value is -1.93. The number of aromatic nitrogens is 4. The van der Waals surface area contributed by atoms with Gasteiger partial charge in [-0.05, 0) is 12.3 Å². The van der Waals surface area contributed by atoms with Gasteiger partial charge in [-0.3, -0.25) is 4.79 Å². The summed E-state index contributed by atoms with van der Waals surface area (Å²) in [5.41, 5.74) is 0.0906. The van der Waals surface area contributed by atoms with Gasteiger partial charge in [-0.25, -0.2) is 15.0 Å². The van der Waals surface area contributed by atoms with E-state index in [0.717, 1.165) is 0 Å². The fraction of sp³-hybridized carbons (Fsp3) is 0.250. The zero-order valence-corrected chi connectivity index (χ0v) is 12.9. The Morgan fingerprint density at radius 2 is 2.10 bits per heavy atom. The maximum absolute atomic E-state index is 12.2. The molecule has 0 aliphatic carbocycles. The van der Waals surface area contributed by atoms with Crippen LogP contribution in [0.3, 0.4) is 0 Å². The number of nitrogens with zero attached hydrogens (tertiary/aromatic N) is 4. The van der Waals surface area contributed by atoms with Gasteiger partial charge in [0, 0.05) is 12.4 Å². The highest BCUT2D eigenvalue weighted by molar-refractivity contribution is 7.98. The van der Waals surface area contributed by atoms with Crippen molar-refractivity contribution in [2.75, 3.05) is 13.4 Å². The van der Waals surface area contributed by atoms with Crippen LogP contribution >= 0.6 is 23.4 Å². The molecule has 0 unspecified atom stereocenters. The van der Waals surface area contributed by atoms with Gasteiger partial charge < -0.3 is 10.1 Å². The fourth-order valence-electron chi connectivity index (χ4n) is 1.49. The summed E-state index contributed by atoms with van der Waals surface area (Å²) in [6.45, 7) is 0.170. The van der Waals surface area contributed by atoms with Crippen LogP contribution in [0.2, 0.25) is 5.15 Å². The molecule has 1 N–H and O–H groups in total. The number of nitrogens with one attached hydrogen (secondary N) is 1. The molecule has 0 aliphatic rings. The SMILES string of the molecule is COc1nc(SC)nc(Cl)c1C(=O)NCc1ncccn1. The van der Waals surface area contributed by atoms with E-state index < -0.39 is 5.91 Å². The van der Waals surface area contributed by atoms with Gasteiger partial charge in [-0.15, -0.1) is 0 Å². The molecule has 0 bridgehead atoms. The Labute approximate surface area is 130 Å². The summed E-state index contributed by atoms with van der Waals surface area (Å²) in [6.07, 6.45) is 4.99. The van der Waals surface area contributed by atoms with E-state index >= 15 is 0 Å². The summed E-state index contributed by atoms with van der Waals surface area (Å²) >= 11 is 7.34. The number of thioether (sulfide) groups is 1. The largest absolute Gasteiger partial charge is 0.480 e. The Morgan fingerprint density at radius 3 is 2.71 bits per heavy atom. The Kier molecular flexibility index (Phi) is 5.29. The average molecular weight is 326 g/mol. The van der Waals surface area contributed by atoms with Crippen molar-refractivity contribution < 1.29 is 9.53 Å². The lowest BCUT2D eigenvalue weighted by Crippen LogP contribution is -2.25. The van der Waals surface area contributed by atoms with Crippen molar-refractivity contribution >= 4 is 29.3 Å². The van der Waals surface area contributed by atoms with Crippen LogP contribution in [0.25, 0.3) is 0 Å². The fourth-order valence-corrected chi connectivity index (χ4v) is 2.15. The molecule has 0 atom stereocenters. The van der Waals surface area contributed by atoms with Crippen LogP contribution in [-0.2, 0) is 6.54 Å². The normalized spacial score (nSPS) is 10.2. The first kappa shape index (κ1) is 15.5. The molecule has 1 amide bonds. The van der Waals surface area contributed by atoms with Gasteiger partial charge in [0.15, 0.2) is 5.16 Å². The smallest absolute Gasteiger partial charge is 0.260 e. The number of hydrogen-bond donors (Lipinski definition) is 1. The van der Waals surface area contributed by atoms with Crippen LogP contribution in [0.1, 0.15) is 16.2 Å². The van der Waals surface area contributed by atoms with Crippen molar-refractivity contribution in [1.82, 2.24) is 25.3 Å². The molecule has 0 spiro atoms. The third-order valence-corrected chi connectivity index (χ3v) is 3.26. The summed E-state index contributed by atoms with van der Waals surface area (Å²) in [4.78, 5) is 28.3. The third kappa shape index (κ3) is 3.79. The topological polar surface area (TPSA) is 89.9 Å². The molecule has 21 heavy (non-hydrogen) atoms. The quantitative estimate of drug-likeness (QED) is 0.507. The summed E-state index contributed by atoms with van der Waals surface area (Å²) in [6, 6.07) is 1.69. The van der Waals surface area contributed by atoms with Gasteiger partial charge in [0.1, 0.15) is 16.5 Å². The number of carbonyl (C=O) groups is 1. The van der Waals surface area contributed by atoms with Gasteiger partial charge in [0.2, 0.25) is 5.88 Å². The Morgan fingerprint density at radius 1 is 1.38 bits per heavy atom. The Bertz CT molecular complexity index is 641. The van der Waals surface area contributed by atoms with Crippen molar-refractivity contribution in [1.29, 1.82) is 0 Å². The molecule has 2 heterocycles. The first-order valence-corrected chi connectivity index (χ1v) is 7.45. The molecule has 0 aromatic carbocycles. The molecule has 0 fully saturated rings. The Balaban J connectivity index is 2.19. The van der Waals surface area contributed by atoms with Gasteiger partial charge in [-0.2, -0.15) is 4.98 Å². The zero-order valence-electron chi connectivity index (χ0n) is 11.3. The van der Waals surface area contributed by atoms with Gasteiger partial charge >= 0.3 is 0 Å². The lowest BCUT2D eigenvalue weighted by molar-refractivity contribution is 0.0945. The lowest BCUT2D eigenvalue weighted by Gasteiger charge is -2.10. The molecule has 0 saturated carbocycles. The predicted molar refractivity (Wildman–Crippen MR) is 78.6 cm³/mol. The standard InChI is InChI=1S/C12H12ClN5O2S/c1-20-11-8(9(13)17-12(18-11)21-2)10(19)16-6-7-14-4-3-5-15-7/h3-5H,6H2,1-2H3,(H,16,19). The second-order valence-corrected chi connectivity index (χ2v) is 4.86. The van der Waals surface area contributed by atoms with E-state index in [1.165, 1.54) is 18.9 Å². The number of rotatable bonds is 5. The minimum absolute atomic E-state index is 0.0395. The third-order valence-electron chi connectivity index (χ3n) is 2.44. The van der Waals surface area contributed by atoms with E-state index in [9.17, 15) is 4.79 Å². The summed E-state index contributed by atoms with van der Waals surface area (Å²) < 4.78 is 5.10. The van der Waals surface area contributed by atoms with Crippen molar-refractivity contribution in [3.05, 3.63) is 35.0 Å². The van der Waals surface area contributed by atoms with Crippen LogP contribution in [0.5, 0.6) is 5.88 Å². The van der Waals surface area contributed by atoms with Crippen molar-refractivity contribution in [2.45, 2.75) is 11.7 Å². The van der Waals surface area contributed by atoms with E-state index in [1.807, 2.05) is 0 Å². The van der Waals surface area contributed by atoms with Gasteiger partial charge in [0.25, 0.3) is 5.91 Å². The average Bonchev–Trinajstić information content (AvgIpc) is 2.52. The maximum atomic E-state index is 12.2. The first-order chi connectivity index (χ1) is 10.2. The maximum Gasteiger partial charge on any atom is 0.260 e. The second-order valence-electron chi connectivity index (χ2n) is 3.73. The minimum atomic E-state index is -0.447. The van der Waals surface area contributed by atoms with Crippen molar-refractivity contribution in [3.63, 3.8) is 0 Å². The molecule has 2 aromatic heterocycles. The first-order valence-electron chi connectivity index (χ1n) is 5.85. The minimum Gasteiger partial charge on any atom is -0.480 e. The zero-order chi connectivity index (χ0) is 15.2. The number of halogens is 1. The number of ether oxygens (including phenoxy) is 1. The van der Waals surface area contributed by atoms with Crippen LogP contribution < -0.4 is 10.1 Å². The van der Waals surface area contributed by atoms with Gasteiger partial charge in [-0.1, -0.05) is 23.4 Å². The monoisotopic (exact) mass is 325 g/mol. The number of carbonyl (C=O) groups excluding carboxylic acids is 1. The summed E-state index contributed by atoms with van der Waals surface area (Å²) in [5.74, 6) is 0.172. The highest BCUT2D eigenvalue weighted by atomic mass is 35.5. The van der Waals surface area contributed by atoms with E-state index in [4.69, 9.17) is 16.3 Å². The predicted octanol–water partition coefficient (Wildman–Crippen LogP) is 1.58. The highest BCUT2D eigenvalue weighted by Gasteiger charge is 2.20. The number of hydrogen-bond acceptors (Lipinski definition) is 7. The molecule has 0 aliphatic heterocycles. The molecule has 9 heteroatoms. The van der Waals surface area contributed by atoms with Crippen molar-refractivity contribution in [3.8, 4) is 5.88 Å². The van der Waals surface area contributed by atoms with Crippen LogP contribution in [0, 0.1) is 0 Å². The lowest BCUT2D eigenvalue weighted by atomic mass is 10.3. The molecule has 110 valence electrons. The number of amides is 1. The second kappa shape index (κ2) is 7.19. The van der Waals surface area contributed by atoms with Crippen LogP contribution in [0.4, 0.5) is 0 Å². The molecule has 0 saturated heterocycles. The van der Waals surface area contributed by atoms with Crippen LogP contribution in [0.15, 0.2) is 23.6 Å². The molecule has 0 radical (unpaired) electrons. The summed E-state index contributed by atoms with van der Waals surface area (Å²) in [7, 11) is 1.42. The molecule has 2 rings (SSSR count). The van der Waals surface area contributed by atoms with Gasteiger partial charge in [0.05, 0.1) is 13.7 Å². The summed E-state index contributed by atoms with van der Waals surface area (Å²) in [5, 5.41) is 3.12. The highest BCUT2D eigenvalue weighted by Crippen LogP contribution is 2.25. The molecular formula is C12H12ClN5O2S. The molecule has 2 aromatic rings. The molecule has 7 nitrogen and oxygen atoms in total. The molecular weight excluding hydrogens is 314 g/mol. The van der Waals surface area contributed by atoms with E-state index in [1.54, 1.807) is 24.7 Å². The van der Waals surface area contributed by atoms with Crippen LogP contribution in [-0.4, -0.2) is 39.2 Å². The van der Waals surface area contributed by atoms with Crippen molar-refractivity contribution in [2.24, 2.45) is 0 Å².